The number of nitrogens with zero attached hydrogens (tertiary/aromatic N) is 1. The minimum atomic E-state index is -0.226. The summed E-state index contributed by atoms with van der Waals surface area (Å²) in [6, 6.07) is 11.6. The normalized spacial score (nSPS) is 16.1. The van der Waals surface area contributed by atoms with Gasteiger partial charge in [0, 0.05) is 10.7 Å². The second-order valence-electron chi connectivity index (χ2n) is 4.77. The van der Waals surface area contributed by atoms with Crippen LogP contribution in [-0.4, -0.2) is 11.1 Å². The van der Waals surface area contributed by atoms with Crippen LogP contribution in [0.1, 0.15) is 30.1 Å². The topological polar surface area (TPSA) is 48.1 Å². The van der Waals surface area contributed by atoms with E-state index in [1.54, 1.807) is 6.20 Å². The second-order valence-corrected chi connectivity index (χ2v) is 5.68. The average molecular weight is 319 g/mol. The molecule has 0 amide bonds. The molecule has 98 valence electrons. The number of pyridine rings is 1. The molecule has 1 unspecified atom stereocenters. The molecule has 0 saturated heterocycles. The molecule has 4 heteroatoms. The first-order valence-corrected chi connectivity index (χ1v) is 7.15. The molecule has 0 radical (unpaired) electrons. The fraction of sp³-hybridized carbons (Fsp3) is 0.267. The van der Waals surface area contributed by atoms with Gasteiger partial charge in [-0.2, -0.15) is 0 Å². The quantitative estimate of drug-likeness (QED) is 0.939. The molecule has 0 spiro atoms. The summed E-state index contributed by atoms with van der Waals surface area (Å²) in [6.45, 7) is 0. The van der Waals surface area contributed by atoms with Crippen LogP contribution in [0.5, 0.6) is 5.75 Å². The molecular weight excluding hydrogens is 304 g/mol. The lowest BCUT2D eigenvalue weighted by Gasteiger charge is -2.13. The lowest BCUT2D eigenvalue weighted by molar-refractivity contribution is 0.303. The fourth-order valence-corrected chi connectivity index (χ4v) is 2.14. The molecule has 1 heterocycles. The first-order valence-electron chi connectivity index (χ1n) is 6.36. The van der Waals surface area contributed by atoms with E-state index in [1.165, 1.54) is 0 Å². The Bertz CT molecular complexity index is 567. The Morgan fingerprint density at radius 1 is 1.26 bits per heavy atom. The molecule has 19 heavy (non-hydrogen) atoms. The molecule has 2 N–H and O–H groups in total. The van der Waals surface area contributed by atoms with Crippen LogP contribution in [0.2, 0.25) is 0 Å². The monoisotopic (exact) mass is 318 g/mol. The van der Waals surface area contributed by atoms with E-state index in [0.29, 0.717) is 6.10 Å². The number of aromatic nitrogens is 1. The van der Waals surface area contributed by atoms with Crippen molar-refractivity contribution < 1.29 is 4.74 Å². The van der Waals surface area contributed by atoms with Crippen LogP contribution in [-0.2, 0) is 0 Å². The number of halogens is 1. The Balaban J connectivity index is 1.81. The fourth-order valence-electron chi connectivity index (χ4n) is 1.90. The molecule has 1 aliphatic carbocycles. The van der Waals surface area contributed by atoms with E-state index in [-0.39, 0.29) is 6.04 Å². The van der Waals surface area contributed by atoms with Gasteiger partial charge >= 0.3 is 0 Å². The van der Waals surface area contributed by atoms with Gasteiger partial charge in [0.2, 0.25) is 0 Å². The van der Waals surface area contributed by atoms with E-state index in [0.717, 1.165) is 34.3 Å². The molecule has 3 nitrogen and oxygen atoms in total. The Kier molecular flexibility index (Phi) is 3.53. The standard InChI is InChI=1S/C15H15BrN2O/c16-11-4-7-14(18-9-11)15(17)10-2-1-3-13(8-10)19-12-5-6-12/h1-4,7-9,12,15H,5-6,17H2. The van der Waals surface area contributed by atoms with Gasteiger partial charge in [-0.1, -0.05) is 12.1 Å². The van der Waals surface area contributed by atoms with Gasteiger partial charge in [0.25, 0.3) is 0 Å². The Morgan fingerprint density at radius 2 is 2.11 bits per heavy atom. The van der Waals surface area contributed by atoms with Crippen LogP contribution in [0, 0.1) is 0 Å². The first kappa shape index (κ1) is 12.6. The number of nitrogens with two attached hydrogens (primary N) is 1. The number of rotatable bonds is 4. The predicted octanol–water partition coefficient (Wildman–Crippen LogP) is 3.43. The van der Waals surface area contributed by atoms with E-state index >= 15 is 0 Å². The van der Waals surface area contributed by atoms with Gasteiger partial charge in [0.15, 0.2) is 0 Å². The molecule has 1 aromatic carbocycles. The van der Waals surface area contributed by atoms with Gasteiger partial charge in [0.1, 0.15) is 5.75 Å². The molecule has 1 aromatic heterocycles. The van der Waals surface area contributed by atoms with Crippen molar-refractivity contribution in [1.82, 2.24) is 4.98 Å². The Hall–Kier alpha value is -1.39. The molecular formula is C15H15BrN2O. The number of ether oxygens (including phenoxy) is 1. The third kappa shape index (κ3) is 3.14. The summed E-state index contributed by atoms with van der Waals surface area (Å²) >= 11 is 3.37. The van der Waals surface area contributed by atoms with Crippen molar-refractivity contribution in [2.24, 2.45) is 5.73 Å². The zero-order chi connectivity index (χ0) is 13.2. The van der Waals surface area contributed by atoms with Crippen molar-refractivity contribution in [3.05, 3.63) is 58.3 Å². The van der Waals surface area contributed by atoms with Gasteiger partial charge in [-0.15, -0.1) is 0 Å². The average Bonchev–Trinajstić information content (AvgIpc) is 3.23. The van der Waals surface area contributed by atoms with E-state index in [9.17, 15) is 0 Å². The molecule has 1 atom stereocenters. The SMILES string of the molecule is NC(c1cccc(OC2CC2)c1)c1ccc(Br)cn1. The zero-order valence-electron chi connectivity index (χ0n) is 10.4. The number of hydrogen-bond acceptors (Lipinski definition) is 3. The highest BCUT2D eigenvalue weighted by Crippen LogP contribution is 2.29. The third-order valence-corrected chi connectivity index (χ3v) is 3.58. The van der Waals surface area contributed by atoms with E-state index in [1.807, 2.05) is 36.4 Å². The maximum absolute atomic E-state index is 6.25. The van der Waals surface area contributed by atoms with Gasteiger partial charge in [-0.05, 0) is 58.6 Å². The van der Waals surface area contributed by atoms with Crippen molar-refractivity contribution in [2.45, 2.75) is 25.0 Å². The second kappa shape index (κ2) is 5.31. The highest BCUT2D eigenvalue weighted by atomic mass is 79.9. The molecule has 2 aromatic rings. The van der Waals surface area contributed by atoms with Crippen molar-refractivity contribution in [3.63, 3.8) is 0 Å². The minimum Gasteiger partial charge on any atom is -0.490 e. The first-order chi connectivity index (χ1) is 9.22. The molecule has 1 fully saturated rings. The zero-order valence-corrected chi connectivity index (χ0v) is 12.0. The lowest BCUT2D eigenvalue weighted by atomic mass is 10.0. The van der Waals surface area contributed by atoms with Crippen molar-refractivity contribution >= 4 is 15.9 Å². The minimum absolute atomic E-state index is 0.226. The largest absolute Gasteiger partial charge is 0.490 e. The van der Waals surface area contributed by atoms with Gasteiger partial charge < -0.3 is 10.5 Å². The summed E-state index contributed by atoms with van der Waals surface area (Å²) in [5, 5.41) is 0. The summed E-state index contributed by atoms with van der Waals surface area (Å²) in [4.78, 5) is 4.34. The van der Waals surface area contributed by atoms with E-state index < -0.39 is 0 Å². The maximum atomic E-state index is 6.25. The molecule has 1 aliphatic rings. The summed E-state index contributed by atoms with van der Waals surface area (Å²) in [5.74, 6) is 0.896. The summed E-state index contributed by atoms with van der Waals surface area (Å²) < 4.78 is 6.74. The van der Waals surface area contributed by atoms with Crippen LogP contribution < -0.4 is 10.5 Å². The van der Waals surface area contributed by atoms with Crippen LogP contribution in [0.25, 0.3) is 0 Å². The van der Waals surface area contributed by atoms with Crippen LogP contribution in [0.15, 0.2) is 47.1 Å². The van der Waals surface area contributed by atoms with Gasteiger partial charge in [-0.25, -0.2) is 0 Å². The van der Waals surface area contributed by atoms with E-state index in [2.05, 4.69) is 20.9 Å². The molecule has 0 aliphatic heterocycles. The molecule has 3 rings (SSSR count). The molecule has 0 bridgehead atoms. The molecule has 1 saturated carbocycles. The summed E-state index contributed by atoms with van der Waals surface area (Å²) in [6.07, 6.45) is 4.48. The van der Waals surface area contributed by atoms with Crippen LogP contribution in [0.4, 0.5) is 0 Å². The van der Waals surface area contributed by atoms with Crippen molar-refractivity contribution in [3.8, 4) is 5.75 Å². The lowest BCUT2D eigenvalue weighted by Crippen LogP contribution is -2.13. The summed E-state index contributed by atoms with van der Waals surface area (Å²) in [5.41, 5.74) is 8.12. The smallest absolute Gasteiger partial charge is 0.120 e. The summed E-state index contributed by atoms with van der Waals surface area (Å²) in [7, 11) is 0. The maximum Gasteiger partial charge on any atom is 0.120 e. The van der Waals surface area contributed by atoms with Crippen LogP contribution in [0.3, 0.4) is 0 Å². The number of hydrogen-bond donors (Lipinski definition) is 1. The highest BCUT2D eigenvalue weighted by molar-refractivity contribution is 9.10. The van der Waals surface area contributed by atoms with Gasteiger partial charge in [-0.3, -0.25) is 4.98 Å². The highest BCUT2D eigenvalue weighted by Gasteiger charge is 2.23. The third-order valence-electron chi connectivity index (χ3n) is 3.11. The number of benzene rings is 1. The van der Waals surface area contributed by atoms with Gasteiger partial charge in [0.05, 0.1) is 17.8 Å². The Labute approximate surface area is 120 Å². The van der Waals surface area contributed by atoms with Crippen LogP contribution >= 0.6 is 15.9 Å². The Morgan fingerprint density at radius 3 is 2.79 bits per heavy atom. The van der Waals surface area contributed by atoms with Crippen molar-refractivity contribution in [1.29, 1.82) is 0 Å². The van der Waals surface area contributed by atoms with Crippen molar-refractivity contribution in [2.75, 3.05) is 0 Å². The predicted molar refractivity (Wildman–Crippen MR) is 78.1 cm³/mol. The van der Waals surface area contributed by atoms with E-state index in [4.69, 9.17) is 10.5 Å².